The van der Waals surface area contributed by atoms with Crippen molar-refractivity contribution >= 4 is 22.8 Å². The second kappa shape index (κ2) is 6.30. The number of amidine groups is 1. The number of hydrogen-bond acceptors (Lipinski definition) is 4. The maximum absolute atomic E-state index is 11.5. The minimum absolute atomic E-state index is 0.0428. The van der Waals surface area contributed by atoms with Crippen LogP contribution in [0.2, 0.25) is 0 Å². The normalized spacial score (nSPS) is 22.5. The Hall–Kier alpha value is -1.22. The number of rotatable bonds is 1. The summed E-state index contributed by atoms with van der Waals surface area (Å²) >= 11 is 1.33. The van der Waals surface area contributed by atoms with Crippen LogP contribution in [-0.4, -0.2) is 29.9 Å². The van der Waals surface area contributed by atoms with Gasteiger partial charge in [0.2, 0.25) is 5.91 Å². The topological polar surface area (TPSA) is 77.3 Å². The van der Waals surface area contributed by atoms with Crippen LogP contribution in [0.15, 0.2) is 4.99 Å². The average molecular weight is 226 g/mol. The standard InChI is InChI=1S/C9H14N4OS/c1-15-9(12-6-10)13-7-4-2-3-5-11-8(7)14/h7H,2-5H2,1H3,(H,11,14)(H,12,13)/t7-/m1/s1. The summed E-state index contributed by atoms with van der Waals surface area (Å²) in [6.45, 7) is 0.727. The highest BCUT2D eigenvalue weighted by atomic mass is 32.2. The summed E-state index contributed by atoms with van der Waals surface area (Å²) in [4.78, 5) is 15.8. The zero-order valence-corrected chi connectivity index (χ0v) is 9.43. The monoisotopic (exact) mass is 226 g/mol. The molecule has 1 heterocycles. The van der Waals surface area contributed by atoms with Crippen molar-refractivity contribution in [1.82, 2.24) is 10.6 Å². The Labute approximate surface area is 93.3 Å². The Morgan fingerprint density at radius 2 is 2.53 bits per heavy atom. The number of amides is 1. The highest BCUT2D eigenvalue weighted by Crippen LogP contribution is 2.10. The van der Waals surface area contributed by atoms with Crippen molar-refractivity contribution in [3.05, 3.63) is 0 Å². The summed E-state index contributed by atoms with van der Waals surface area (Å²) in [6.07, 6.45) is 6.36. The zero-order chi connectivity index (χ0) is 11.1. The van der Waals surface area contributed by atoms with Crippen molar-refractivity contribution in [2.45, 2.75) is 25.3 Å². The number of nitrogens with one attached hydrogen (secondary N) is 2. The molecule has 0 aromatic carbocycles. The van der Waals surface area contributed by atoms with Gasteiger partial charge in [0, 0.05) is 6.54 Å². The van der Waals surface area contributed by atoms with Gasteiger partial charge in [-0.3, -0.25) is 10.1 Å². The third-order valence-corrected chi connectivity index (χ3v) is 2.73. The van der Waals surface area contributed by atoms with Crippen LogP contribution in [0.3, 0.4) is 0 Å². The smallest absolute Gasteiger partial charge is 0.244 e. The lowest BCUT2D eigenvalue weighted by molar-refractivity contribution is -0.121. The summed E-state index contributed by atoms with van der Waals surface area (Å²) in [7, 11) is 0. The van der Waals surface area contributed by atoms with E-state index in [1.165, 1.54) is 11.8 Å². The number of nitriles is 1. The maximum atomic E-state index is 11.5. The molecule has 1 fully saturated rings. The molecule has 0 aliphatic carbocycles. The minimum Gasteiger partial charge on any atom is -0.354 e. The third-order valence-electron chi connectivity index (χ3n) is 2.14. The highest BCUT2D eigenvalue weighted by molar-refractivity contribution is 8.13. The first kappa shape index (κ1) is 11.9. The van der Waals surface area contributed by atoms with Gasteiger partial charge in [-0.2, -0.15) is 5.26 Å². The zero-order valence-electron chi connectivity index (χ0n) is 8.62. The van der Waals surface area contributed by atoms with Crippen LogP contribution in [0.25, 0.3) is 0 Å². The number of hydrogen-bond donors (Lipinski definition) is 2. The first-order chi connectivity index (χ1) is 7.27. The van der Waals surface area contributed by atoms with Gasteiger partial charge >= 0.3 is 0 Å². The van der Waals surface area contributed by atoms with E-state index in [2.05, 4.69) is 15.6 Å². The number of carbonyl (C=O) groups excluding carboxylic acids is 1. The predicted molar refractivity (Wildman–Crippen MR) is 60.3 cm³/mol. The molecule has 1 amide bonds. The van der Waals surface area contributed by atoms with E-state index in [0.717, 1.165) is 25.8 Å². The lowest BCUT2D eigenvalue weighted by Gasteiger charge is -2.09. The summed E-state index contributed by atoms with van der Waals surface area (Å²) in [6, 6.07) is -0.351. The number of nitrogens with zero attached hydrogens (tertiary/aromatic N) is 2. The molecule has 1 atom stereocenters. The van der Waals surface area contributed by atoms with Gasteiger partial charge in [-0.15, -0.1) is 0 Å². The fourth-order valence-electron chi connectivity index (χ4n) is 1.37. The van der Waals surface area contributed by atoms with E-state index in [1.54, 1.807) is 6.19 Å². The first-order valence-electron chi connectivity index (χ1n) is 4.82. The Kier molecular flexibility index (Phi) is 4.98. The first-order valence-corrected chi connectivity index (χ1v) is 6.05. The molecule has 0 unspecified atom stereocenters. The van der Waals surface area contributed by atoms with Gasteiger partial charge in [0.25, 0.3) is 0 Å². The second-order valence-electron chi connectivity index (χ2n) is 3.18. The van der Waals surface area contributed by atoms with E-state index >= 15 is 0 Å². The number of carbonyl (C=O) groups is 1. The van der Waals surface area contributed by atoms with E-state index in [9.17, 15) is 4.79 Å². The van der Waals surface area contributed by atoms with Crippen molar-refractivity contribution in [3.63, 3.8) is 0 Å². The quantitative estimate of drug-likeness (QED) is 0.294. The summed E-state index contributed by atoms with van der Waals surface area (Å²) < 4.78 is 0. The number of aliphatic imine (C=N–C) groups is 1. The van der Waals surface area contributed by atoms with Crippen LogP contribution in [0.5, 0.6) is 0 Å². The molecule has 0 radical (unpaired) electrons. The Bertz CT molecular complexity index is 297. The van der Waals surface area contributed by atoms with Crippen LogP contribution in [0.1, 0.15) is 19.3 Å². The molecular weight excluding hydrogens is 212 g/mol. The summed E-state index contributed by atoms with van der Waals surface area (Å²) in [5.41, 5.74) is 0. The van der Waals surface area contributed by atoms with Crippen LogP contribution in [0.4, 0.5) is 0 Å². The Morgan fingerprint density at radius 1 is 1.73 bits per heavy atom. The van der Waals surface area contributed by atoms with Crippen LogP contribution < -0.4 is 10.6 Å². The molecule has 0 aromatic rings. The summed E-state index contributed by atoms with van der Waals surface area (Å²) in [5, 5.41) is 14.2. The molecule has 1 rings (SSSR count). The minimum atomic E-state index is -0.351. The van der Waals surface area contributed by atoms with E-state index < -0.39 is 0 Å². The molecule has 0 aromatic heterocycles. The van der Waals surface area contributed by atoms with Crippen LogP contribution in [-0.2, 0) is 4.79 Å². The predicted octanol–water partition coefficient (Wildman–Crippen LogP) is 0.445. The molecule has 1 aliphatic rings. The molecule has 1 aliphatic heterocycles. The third kappa shape index (κ3) is 3.80. The SMILES string of the molecule is CSC(=N[C@@H]1CCCCNC1=O)NC#N. The fourth-order valence-corrected chi connectivity index (χ4v) is 1.75. The molecule has 15 heavy (non-hydrogen) atoms. The van der Waals surface area contributed by atoms with Gasteiger partial charge in [0.15, 0.2) is 11.4 Å². The van der Waals surface area contributed by atoms with E-state index in [4.69, 9.17) is 5.26 Å². The van der Waals surface area contributed by atoms with Crippen LogP contribution >= 0.6 is 11.8 Å². The summed E-state index contributed by atoms with van der Waals surface area (Å²) in [5.74, 6) is -0.0428. The van der Waals surface area contributed by atoms with Gasteiger partial charge in [0.1, 0.15) is 6.04 Å². The fraction of sp³-hybridized carbons (Fsp3) is 0.667. The maximum Gasteiger partial charge on any atom is 0.244 e. The lowest BCUT2D eigenvalue weighted by Crippen LogP contribution is -2.33. The molecule has 1 saturated heterocycles. The van der Waals surface area contributed by atoms with Crippen molar-refractivity contribution in [1.29, 1.82) is 5.26 Å². The molecule has 0 spiro atoms. The van der Waals surface area contributed by atoms with E-state index in [1.807, 2.05) is 6.26 Å². The number of thioether (sulfide) groups is 1. The van der Waals surface area contributed by atoms with Gasteiger partial charge in [-0.25, -0.2) is 4.99 Å². The van der Waals surface area contributed by atoms with E-state index in [-0.39, 0.29) is 11.9 Å². The average Bonchev–Trinajstić information content (AvgIpc) is 2.43. The molecule has 0 bridgehead atoms. The van der Waals surface area contributed by atoms with Gasteiger partial charge < -0.3 is 5.32 Å². The Morgan fingerprint density at radius 3 is 3.20 bits per heavy atom. The van der Waals surface area contributed by atoms with Gasteiger partial charge in [-0.1, -0.05) is 11.8 Å². The van der Waals surface area contributed by atoms with Gasteiger partial charge in [0.05, 0.1) is 0 Å². The van der Waals surface area contributed by atoms with Crippen molar-refractivity contribution in [2.75, 3.05) is 12.8 Å². The second-order valence-corrected chi connectivity index (χ2v) is 3.97. The molecule has 5 nitrogen and oxygen atoms in total. The molecule has 2 N–H and O–H groups in total. The molecule has 6 heteroatoms. The highest BCUT2D eigenvalue weighted by Gasteiger charge is 2.20. The van der Waals surface area contributed by atoms with Gasteiger partial charge in [-0.05, 0) is 25.5 Å². The van der Waals surface area contributed by atoms with Crippen molar-refractivity contribution in [3.8, 4) is 6.19 Å². The molecule has 0 saturated carbocycles. The Balaban J connectivity index is 2.67. The van der Waals surface area contributed by atoms with Crippen molar-refractivity contribution in [2.24, 2.45) is 4.99 Å². The van der Waals surface area contributed by atoms with E-state index in [0.29, 0.717) is 5.17 Å². The largest absolute Gasteiger partial charge is 0.354 e. The van der Waals surface area contributed by atoms with Crippen molar-refractivity contribution < 1.29 is 4.79 Å². The molecule has 82 valence electrons. The van der Waals surface area contributed by atoms with Crippen LogP contribution in [0, 0.1) is 11.5 Å². The lowest BCUT2D eigenvalue weighted by atomic mass is 10.1. The molecular formula is C9H14N4OS.